The van der Waals surface area contributed by atoms with Gasteiger partial charge in [-0.05, 0) is 43.0 Å². The van der Waals surface area contributed by atoms with Crippen molar-refractivity contribution in [1.82, 2.24) is 0 Å². The van der Waals surface area contributed by atoms with E-state index in [4.69, 9.17) is 4.74 Å². The van der Waals surface area contributed by atoms with Crippen LogP contribution in [0.3, 0.4) is 0 Å². The van der Waals surface area contributed by atoms with E-state index < -0.39 is 0 Å². The number of anilines is 2. The van der Waals surface area contributed by atoms with Crippen LogP contribution in [0, 0.1) is 6.92 Å². The van der Waals surface area contributed by atoms with Gasteiger partial charge in [-0.1, -0.05) is 44.2 Å². The van der Waals surface area contributed by atoms with Gasteiger partial charge in [-0.2, -0.15) is 0 Å². The SMILES string of the molecule is CCOC(=O)c1ccccc1NCCC(=O)Nc1c(C)cccc1C(C)C. The molecule has 0 saturated carbocycles. The molecule has 1 amide bonds. The Labute approximate surface area is 161 Å². The summed E-state index contributed by atoms with van der Waals surface area (Å²) in [5, 5.41) is 6.19. The van der Waals surface area contributed by atoms with Gasteiger partial charge in [0.1, 0.15) is 0 Å². The highest BCUT2D eigenvalue weighted by Crippen LogP contribution is 2.27. The number of aryl methyl sites for hydroxylation is 1. The van der Waals surface area contributed by atoms with Crippen LogP contribution in [0.15, 0.2) is 42.5 Å². The first kappa shape index (κ1) is 20.5. The van der Waals surface area contributed by atoms with Crippen LogP contribution in [0.4, 0.5) is 11.4 Å². The summed E-state index contributed by atoms with van der Waals surface area (Å²) in [5.74, 6) is -0.103. The molecule has 0 aliphatic rings. The number of benzene rings is 2. The lowest BCUT2D eigenvalue weighted by Crippen LogP contribution is -2.19. The van der Waals surface area contributed by atoms with Gasteiger partial charge in [0.2, 0.25) is 5.91 Å². The van der Waals surface area contributed by atoms with E-state index in [-0.39, 0.29) is 11.9 Å². The van der Waals surface area contributed by atoms with Crippen molar-refractivity contribution >= 4 is 23.3 Å². The molecule has 5 heteroatoms. The normalized spacial score (nSPS) is 10.6. The molecule has 2 N–H and O–H groups in total. The molecule has 0 radical (unpaired) electrons. The second-order valence-electron chi connectivity index (χ2n) is 6.68. The average Bonchev–Trinajstić information content (AvgIpc) is 2.63. The first-order chi connectivity index (χ1) is 12.9. The lowest BCUT2D eigenvalue weighted by atomic mass is 9.98. The van der Waals surface area contributed by atoms with Crippen LogP contribution in [0.5, 0.6) is 0 Å². The molecule has 0 bridgehead atoms. The second-order valence-corrected chi connectivity index (χ2v) is 6.68. The minimum atomic E-state index is -0.369. The highest BCUT2D eigenvalue weighted by Gasteiger charge is 2.14. The summed E-state index contributed by atoms with van der Waals surface area (Å²) in [6, 6.07) is 13.2. The van der Waals surface area contributed by atoms with Crippen molar-refractivity contribution in [3.8, 4) is 0 Å². The zero-order valence-corrected chi connectivity index (χ0v) is 16.5. The summed E-state index contributed by atoms with van der Waals surface area (Å²) in [6.07, 6.45) is 0.295. The van der Waals surface area contributed by atoms with Crippen LogP contribution < -0.4 is 10.6 Å². The third-order valence-corrected chi connectivity index (χ3v) is 4.28. The molecular formula is C22H28N2O3. The summed E-state index contributed by atoms with van der Waals surface area (Å²) < 4.78 is 5.07. The second kappa shape index (κ2) is 9.76. The minimum absolute atomic E-state index is 0.0627. The number of hydrogen-bond donors (Lipinski definition) is 2. The fourth-order valence-corrected chi connectivity index (χ4v) is 2.88. The van der Waals surface area contributed by atoms with Crippen LogP contribution in [-0.2, 0) is 9.53 Å². The summed E-state index contributed by atoms with van der Waals surface area (Å²) in [6.45, 7) is 8.73. The highest BCUT2D eigenvalue weighted by molar-refractivity contribution is 5.96. The molecule has 2 aromatic carbocycles. The first-order valence-corrected chi connectivity index (χ1v) is 9.33. The number of carbonyl (C=O) groups excluding carboxylic acids is 2. The zero-order valence-electron chi connectivity index (χ0n) is 16.5. The molecule has 2 rings (SSSR count). The maximum atomic E-state index is 12.4. The van der Waals surface area contributed by atoms with E-state index in [2.05, 4.69) is 24.5 Å². The molecule has 27 heavy (non-hydrogen) atoms. The van der Waals surface area contributed by atoms with E-state index in [1.54, 1.807) is 19.1 Å². The largest absolute Gasteiger partial charge is 0.462 e. The molecule has 0 heterocycles. The molecule has 2 aromatic rings. The summed E-state index contributed by atoms with van der Waals surface area (Å²) >= 11 is 0. The quantitative estimate of drug-likeness (QED) is 0.661. The van der Waals surface area contributed by atoms with Crippen LogP contribution >= 0.6 is 0 Å². The van der Waals surface area contributed by atoms with Crippen molar-refractivity contribution in [3.05, 3.63) is 59.2 Å². The fourth-order valence-electron chi connectivity index (χ4n) is 2.88. The van der Waals surface area contributed by atoms with Gasteiger partial charge in [-0.15, -0.1) is 0 Å². The van der Waals surface area contributed by atoms with Gasteiger partial charge in [0.25, 0.3) is 0 Å². The molecular weight excluding hydrogens is 340 g/mol. The standard InChI is InChI=1S/C22H28N2O3/c1-5-27-22(26)18-10-6-7-12-19(18)23-14-13-20(25)24-21-16(4)9-8-11-17(21)15(2)3/h6-12,15,23H,5,13-14H2,1-4H3,(H,24,25). The molecule has 0 atom stereocenters. The predicted molar refractivity (Wildman–Crippen MR) is 109 cm³/mol. The van der Waals surface area contributed by atoms with Gasteiger partial charge in [-0.25, -0.2) is 4.79 Å². The average molecular weight is 368 g/mol. The molecule has 0 aliphatic carbocycles. The Balaban J connectivity index is 1.98. The highest BCUT2D eigenvalue weighted by atomic mass is 16.5. The molecule has 0 aromatic heterocycles. The summed E-state index contributed by atoms with van der Waals surface area (Å²) in [7, 11) is 0. The predicted octanol–water partition coefficient (Wildman–Crippen LogP) is 4.74. The number of para-hydroxylation sites is 2. The molecule has 144 valence electrons. The number of hydrogen-bond acceptors (Lipinski definition) is 4. The van der Waals surface area contributed by atoms with Crippen molar-refractivity contribution in [2.24, 2.45) is 0 Å². The fraction of sp³-hybridized carbons (Fsp3) is 0.364. The van der Waals surface area contributed by atoms with E-state index in [1.807, 2.05) is 37.3 Å². The number of carbonyl (C=O) groups is 2. The molecule has 0 aliphatic heterocycles. The Bertz CT molecular complexity index is 800. The Hall–Kier alpha value is -2.82. The molecule has 0 fully saturated rings. The van der Waals surface area contributed by atoms with E-state index in [9.17, 15) is 9.59 Å². The lowest BCUT2D eigenvalue weighted by molar-refractivity contribution is -0.116. The molecule has 0 spiro atoms. The number of ether oxygens (including phenoxy) is 1. The van der Waals surface area contributed by atoms with Gasteiger partial charge in [0.15, 0.2) is 0 Å². The van der Waals surface area contributed by atoms with E-state index >= 15 is 0 Å². The number of esters is 1. The van der Waals surface area contributed by atoms with E-state index in [0.717, 1.165) is 16.8 Å². The van der Waals surface area contributed by atoms with Crippen molar-refractivity contribution < 1.29 is 14.3 Å². The summed E-state index contributed by atoms with van der Waals surface area (Å²) in [4.78, 5) is 24.4. The van der Waals surface area contributed by atoms with Crippen molar-refractivity contribution in [3.63, 3.8) is 0 Å². The number of rotatable bonds is 8. The topological polar surface area (TPSA) is 67.4 Å². The number of amides is 1. The van der Waals surface area contributed by atoms with E-state index in [1.165, 1.54) is 0 Å². The maximum Gasteiger partial charge on any atom is 0.340 e. The molecule has 5 nitrogen and oxygen atoms in total. The van der Waals surface area contributed by atoms with Gasteiger partial charge in [0, 0.05) is 24.3 Å². The monoisotopic (exact) mass is 368 g/mol. The van der Waals surface area contributed by atoms with Gasteiger partial charge in [-0.3, -0.25) is 4.79 Å². The Morgan fingerprint density at radius 3 is 2.52 bits per heavy atom. The van der Waals surface area contributed by atoms with Crippen LogP contribution in [-0.4, -0.2) is 25.0 Å². The third kappa shape index (κ3) is 5.58. The minimum Gasteiger partial charge on any atom is -0.462 e. The zero-order chi connectivity index (χ0) is 19.8. The van der Waals surface area contributed by atoms with Crippen molar-refractivity contribution in [1.29, 1.82) is 0 Å². The van der Waals surface area contributed by atoms with Gasteiger partial charge in [0.05, 0.1) is 12.2 Å². The van der Waals surface area contributed by atoms with Crippen LogP contribution in [0.25, 0.3) is 0 Å². The Morgan fingerprint density at radius 2 is 1.81 bits per heavy atom. The molecule has 0 saturated heterocycles. The third-order valence-electron chi connectivity index (χ3n) is 4.28. The van der Waals surface area contributed by atoms with Crippen LogP contribution in [0.1, 0.15) is 54.6 Å². The molecule has 0 unspecified atom stereocenters. The van der Waals surface area contributed by atoms with Crippen molar-refractivity contribution in [2.45, 2.75) is 40.0 Å². The van der Waals surface area contributed by atoms with E-state index in [0.29, 0.717) is 36.7 Å². The summed E-state index contributed by atoms with van der Waals surface area (Å²) in [5.41, 5.74) is 4.21. The smallest absolute Gasteiger partial charge is 0.340 e. The Morgan fingerprint density at radius 1 is 1.07 bits per heavy atom. The van der Waals surface area contributed by atoms with Crippen LogP contribution in [0.2, 0.25) is 0 Å². The Kier molecular flexibility index (Phi) is 7.41. The van der Waals surface area contributed by atoms with Crippen molar-refractivity contribution in [2.75, 3.05) is 23.8 Å². The lowest BCUT2D eigenvalue weighted by Gasteiger charge is -2.17. The van der Waals surface area contributed by atoms with Gasteiger partial charge < -0.3 is 15.4 Å². The first-order valence-electron chi connectivity index (χ1n) is 9.33. The van der Waals surface area contributed by atoms with Gasteiger partial charge >= 0.3 is 5.97 Å². The maximum absolute atomic E-state index is 12.4. The number of nitrogens with one attached hydrogen (secondary N) is 2.